The van der Waals surface area contributed by atoms with E-state index < -0.39 is 73.2 Å². The molecule has 11 nitrogen and oxygen atoms in total. The number of aliphatic hydroxyl groups is 7. The zero-order chi connectivity index (χ0) is 24.4. The van der Waals surface area contributed by atoms with Gasteiger partial charge in [-0.3, -0.25) is 0 Å². The third-order valence-corrected chi connectivity index (χ3v) is 5.72. The Bertz CT molecular complexity index is 648. The number of rotatable bonds is 14. The van der Waals surface area contributed by atoms with Gasteiger partial charge in [-0.1, -0.05) is 51.9 Å². The summed E-state index contributed by atoms with van der Waals surface area (Å²) in [6.07, 6.45) is 0.108. The molecule has 0 saturated carbocycles. The fourth-order valence-electron chi connectivity index (χ4n) is 3.70. The number of hydrogen-bond donors (Lipinski definition) is 7. The summed E-state index contributed by atoms with van der Waals surface area (Å²) in [6, 6.07) is 0. The van der Waals surface area contributed by atoms with E-state index in [0.717, 1.165) is 25.7 Å². The van der Waals surface area contributed by atoms with Crippen molar-refractivity contribution < 1.29 is 54.7 Å². The number of ether oxygens (including phenoxy) is 4. The van der Waals surface area contributed by atoms with E-state index in [4.69, 9.17) is 18.9 Å². The zero-order valence-corrected chi connectivity index (χ0v) is 19.0. The molecule has 0 radical (unpaired) electrons. The van der Waals surface area contributed by atoms with Crippen molar-refractivity contribution in [1.29, 1.82) is 0 Å². The fourth-order valence-corrected chi connectivity index (χ4v) is 3.70. The number of hydrogen-bond acceptors (Lipinski definition) is 11. The van der Waals surface area contributed by atoms with Gasteiger partial charge in [-0.15, -0.1) is 0 Å². The Balaban J connectivity index is 1.86. The van der Waals surface area contributed by atoms with Crippen LogP contribution in [0.5, 0.6) is 0 Å². The molecule has 0 amide bonds. The molecule has 0 aliphatic carbocycles. The van der Waals surface area contributed by atoms with Crippen LogP contribution in [0.25, 0.3) is 0 Å². The van der Waals surface area contributed by atoms with Crippen molar-refractivity contribution in [1.82, 2.24) is 0 Å². The van der Waals surface area contributed by atoms with Gasteiger partial charge in [-0.05, 0) is 6.42 Å². The lowest BCUT2D eigenvalue weighted by Gasteiger charge is -2.42. The zero-order valence-electron chi connectivity index (χ0n) is 19.0. The predicted molar refractivity (Wildman–Crippen MR) is 115 cm³/mol. The molecule has 2 rings (SSSR count). The van der Waals surface area contributed by atoms with Crippen LogP contribution in [0.15, 0.2) is 23.2 Å². The van der Waals surface area contributed by atoms with Gasteiger partial charge in [0.2, 0.25) is 5.76 Å². The highest BCUT2D eigenvalue weighted by atomic mass is 16.7. The molecule has 1 fully saturated rings. The first-order chi connectivity index (χ1) is 15.8. The van der Waals surface area contributed by atoms with E-state index in [1.54, 1.807) is 0 Å². The average molecular weight is 479 g/mol. The Morgan fingerprint density at radius 1 is 0.848 bits per heavy atom. The SMILES string of the molecule is CCCCCCCCCCOC1OC(CO)[C@@H](OC2=C(O)[C@@H](O)C(O)=C(CO)O2)C(O)[C@H]1O. The largest absolute Gasteiger partial charge is 0.506 e. The molecule has 3 unspecified atom stereocenters. The van der Waals surface area contributed by atoms with Crippen LogP contribution in [0.2, 0.25) is 0 Å². The first-order valence-electron chi connectivity index (χ1n) is 11.6. The van der Waals surface area contributed by atoms with Crippen molar-refractivity contribution in [3.63, 3.8) is 0 Å². The van der Waals surface area contributed by atoms with Crippen molar-refractivity contribution in [2.45, 2.75) is 95.1 Å². The lowest BCUT2D eigenvalue weighted by atomic mass is 9.99. The molecule has 0 aromatic heterocycles. The number of unbranched alkanes of at least 4 members (excludes halogenated alkanes) is 7. The van der Waals surface area contributed by atoms with Gasteiger partial charge >= 0.3 is 5.95 Å². The van der Waals surface area contributed by atoms with Crippen molar-refractivity contribution in [3.8, 4) is 0 Å². The highest BCUT2D eigenvalue weighted by molar-refractivity contribution is 5.23. The minimum atomic E-state index is -1.90. The van der Waals surface area contributed by atoms with E-state index in [9.17, 15) is 35.7 Å². The van der Waals surface area contributed by atoms with Crippen LogP contribution in [-0.2, 0) is 18.9 Å². The second-order valence-corrected chi connectivity index (χ2v) is 8.28. The standard InChI is InChI=1S/C22H38O11/c1-2-3-4-5-6-7-8-9-10-30-21-19(29)17(27)20(14(12-24)32-21)33-22-18(28)16(26)15(25)13(11-23)31-22/h14,16-17,19-21,23-29H,2-12H2,1H3/t14?,16-,17?,19+,20+,21?/m0/s1. The van der Waals surface area contributed by atoms with Gasteiger partial charge in [0.05, 0.1) is 6.61 Å². The summed E-state index contributed by atoms with van der Waals surface area (Å²) < 4.78 is 21.5. The van der Waals surface area contributed by atoms with Crippen molar-refractivity contribution >= 4 is 0 Å². The van der Waals surface area contributed by atoms with Gasteiger partial charge in [0.25, 0.3) is 0 Å². The molecular formula is C22H38O11. The van der Waals surface area contributed by atoms with E-state index in [0.29, 0.717) is 6.61 Å². The second kappa shape index (κ2) is 14.0. The molecule has 2 aliphatic rings. The molecule has 2 heterocycles. The highest BCUT2D eigenvalue weighted by Crippen LogP contribution is 2.31. The van der Waals surface area contributed by atoms with Gasteiger partial charge in [-0.2, -0.15) is 0 Å². The topological polar surface area (TPSA) is 179 Å². The van der Waals surface area contributed by atoms with E-state index in [-0.39, 0.29) is 0 Å². The third kappa shape index (κ3) is 7.44. The van der Waals surface area contributed by atoms with Gasteiger partial charge in [0.15, 0.2) is 30.0 Å². The molecule has 2 aliphatic heterocycles. The Labute approximate surface area is 193 Å². The Kier molecular flexibility index (Phi) is 11.7. The Morgan fingerprint density at radius 3 is 2.09 bits per heavy atom. The summed E-state index contributed by atoms with van der Waals surface area (Å²) >= 11 is 0. The molecule has 0 aromatic rings. The van der Waals surface area contributed by atoms with E-state index >= 15 is 0 Å². The molecule has 1 saturated heterocycles. The molecule has 192 valence electrons. The summed E-state index contributed by atoms with van der Waals surface area (Å²) in [5.41, 5.74) is 0. The van der Waals surface area contributed by atoms with Crippen LogP contribution in [0, 0.1) is 0 Å². The lowest BCUT2D eigenvalue weighted by molar-refractivity contribution is -0.307. The molecule has 0 aromatic carbocycles. The van der Waals surface area contributed by atoms with Crippen molar-refractivity contribution in [3.05, 3.63) is 23.2 Å². The molecule has 33 heavy (non-hydrogen) atoms. The summed E-state index contributed by atoms with van der Waals surface area (Å²) in [5, 5.41) is 69.4. The molecular weight excluding hydrogens is 440 g/mol. The molecule has 11 heteroatoms. The normalized spacial score (nSPS) is 30.5. The van der Waals surface area contributed by atoms with Crippen LogP contribution >= 0.6 is 0 Å². The maximum Gasteiger partial charge on any atom is 0.328 e. The third-order valence-electron chi connectivity index (χ3n) is 5.72. The van der Waals surface area contributed by atoms with Crippen molar-refractivity contribution in [2.75, 3.05) is 19.8 Å². The molecule has 0 spiro atoms. The summed E-state index contributed by atoms with van der Waals surface area (Å²) in [4.78, 5) is 0. The summed E-state index contributed by atoms with van der Waals surface area (Å²) in [6.45, 7) is 1.07. The average Bonchev–Trinajstić information content (AvgIpc) is 2.82. The van der Waals surface area contributed by atoms with Gasteiger partial charge in [0, 0.05) is 6.61 Å². The first-order valence-corrected chi connectivity index (χ1v) is 11.6. The summed E-state index contributed by atoms with van der Waals surface area (Å²) in [7, 11) is 0. The predicted octanol–water partition coefficient (Wildman–Crippen LogP) is 0.848. The smallest absolute Gasteiger partial charge is 0.328 e. The van der Waals surface area contributed by atoms with Crippen LogP contribution in [0.4, 0.5) is 0 Å². The molecule has 7 N–H and O–H groups in total. The fraction of sp³-hybridized carbons (Fsp3) is 0.818. The maximum absolute atomic E-state index is 10.5. The Morgan fingerprint density at radius 2 is 1.48 bits per heavy atom. The van der Waals surface area contributed by atoms with Crippen LogP contribution in [0.1, 0.15) is 58.3 Å². The maximum atomic E-state index is 10.5. The number of aliphatic hydroxyl groups excluding tert-OH is 7. The van der Waals surface area contributed by atoms with Crippen LogP contribution in [0.3, 0.4) is 0 Å². The second-order valence-electron chi connectivity index (χ2n) is 8.28. The van der Waals surface area contributed by atoms with E-state index in [1.807, 2.05) is 0 Å². The van der Waals surface area contributed by atoms with Crippen LogP contribution in [-0.4, -0.2) is 92.4 Å². The lowest BCUT2D eigenvalue weighted by Crippen LogP contribution is -2.60. The first kappa shape index (κ1) is 27.6. The highest BCUT2D eigenvalue weighted by Gasteiger charge is 2.48. The van der Waals surface area contributed by atoms with Crippen molar-refractivity contribution in [2.24, 2.45) is 0 Å². The summed E-state index contributed by atoms with van der Waals surface area (Å²) in [5.74, 6) is -2.87. The molecule has 6 atom stereocenters. The molecule has 0 bridgehead atoms. The monoisotopic (exact) mass is 478 g/mol. The van der Waals surface area contributed by atoms with Crippen LogP contribution < -0.4 is 0 Å². The van der Waals surface area contributed by atoms with E-state index in [2.05, 4.69) is 6.92 Å². The van der Waals surface area contributed by atoms with Gasteiger partial charge in [-0.25, -0.2) is 0 Å². The van der Waals surface area contributed by atoms with E-state index in [1.165, 1.54) is 25.7 Å². The quantitative estimate of drug-likeness (QED) is 0.176. The van der Waals surface area contributed by atoms with Gasteiger partial charge in [0.1, 0.15) is 24.9 Å². The minimum Gasteiger partial charge on any atom is -0.506 e. The Hall–Kier alpha value is -1.60. The minimum absolute atomic E-state index is 0.304. The van der Waals surface area contributed by atoms with Gasteiger partial charge < -0.3 is 54.7 Å².